The first-order valence-corrected chi connectivity index (χ1v) is 17.7. The van der Waals surface area contributed by atoms with Crippen LogP contribution in [0.1, 0.15) is 48.8 Å². The number of fused-ring (bicyclic) bond motifs is 8. The van der Waals surface area contributed by atoms with Crippen molar-refractivity contribution < 1.29 is 4.42 Å². The Hall–Kier alpha value is -6.38. The van der Waals surface area contributed by atoms with Crippen LogP contribution in [0.5, 0.6) is 0 Å². The summed E-state index contributed by atoms with van der Waals surface area (Å²) in [6, 6.07) is 48.5. The molecule has 0 N–H and O–H groups in total. The molecule has 5 heteroatoms. The molecule has 0 atom stereocenters. The Morgan fingerprint density at radius 3 is 1.98 bits per heavy atom. The molecule has 0 radical (unpaired) electrons. The Morgan fingerprint density at radius 2 is 1.16 bits per heavy atom. The number of nitriles is 1. The Morgan fingerprint density at radius 1 is 0.490 bits per heavy atom. The van der Waals surface area contributed by atoms with Gasteiger partial charge in [-0.3, -0.25) is 0 Å². The Kier molecular flexibility index (Phi) is 6.72. The van der Waals surface area contributed by atoms with Gasteiger partial charge in [-0.1, -0.05) is 110 Å². The van der Waals surface area contributed by atoms with Gasteiger partial charge in [0, 0.05) is 32.9 Å². The van der Waals surface area contributed by atoms with Gasteiger partial charge in [0.2, 0.25) is 0 Å². The highest BCUT2D eigenvalue weighted by Gasteiger charge is 2.43. The maximum absolute atomic E-state index is 9.70. The quantitative estimate of drug-likeness (QED) is 0.188. The maximum Gasteiger partial charge on any atom is 0.164 e. The molecule has 8 aromatic rings. The maximum atomic E-state index is 9.70. The highest BCUT2D eigenvalue weighted by molar-refractivity contribution is 6.05. The van der Waals surface area contributed by atoms with Gasteiger partial charge in [-0.15, -0.1) is 0 Å². The van der Waals surface area contributed by atoms with Gasteiger partial charge in [0.15, 0.2) is 17.5 Å². The average Bonchev–Trinajstić information content (AvgIpc) is 3.70. The van der Waals surface area contributed by atoms with E-state index in [1.165, 1.54) is 47.1 Å². The number of hydrogen-bond acceptors (Lipinski definition) is 5. The summed E-state index contributed by atoms with van der Waals surface area (Å²) in [6.45, 7) is 0. The van der Waals surface area contributed by atoms with E-state index in [0.29, 0.717) is 23.0 Å². The molecule has 2 aromatic heterocycles. The molecule has 0 amide bonds. The van der Waals surface area contributed by atoms with Crippen LogP contribution in [0, 0.1) is 11.3 Å². The summed E-state index contributed by atoms with van der Waals surface area (Å²) in [5.41, 5.74) is 12.6. The third-order valence-electron chi connectivity index (χ3n) is 11.0. The molecular formula is C46H32N4O. The lowest BCUT2D eigenvalue weighted by Crippen LogP contribution is -2.28. The second-order valence-corrected chi connectivity index (χ2v) is 13.8. The van der Waals surface area contributed by atoms with E-state index in [4.69, 9.17) is 19.4 Å². The molecule has 2 aliphatic rings. The molecule has 2 aliphatic carbocycles. The first-order chi connectivity index (χ1) is 25.2. The molecule has 10 rings (SSSR count). The van der Waals surface area contributed by atoms with Crippen molar-refractivity contribution in [2.45, 2.75) is 37.5 Å². The largest absolute Gasteiger partial charge is 0.456 e. The number of rotatable bonds is 4. The van der Waals surface area contributed by atoms with Gasteiger partial charge in [0.1, 0.15) is 11.2 Å². The van der Waals surface area contributed by atoms with Gasteiger partial charge in [-0.25, -0.2) is 15.0 Å². The molecule has 0 aliphatic heterocycles. The van der Waals surface area contributed by atoms with Crippen molar-refractivity contribution in [3.05, 3.63) is 150 Å². The minimum Gasteiger partial charge on any atom is -0.456 e. The fourth-order valence-electron chi connectivity index (χ4n) is 8.50. The first kappa shape index (κ1) is 29.5. The molecule has 0 saturated heterocycles. The third-order valence-corrected chi connectivity index (χ3v) is 11.0. The van der Waals surface area contributed by atoms with Crippen LogP contribution in [0.4, 0.5) is 0 Å². The van der Waals surface area contributed by atoms with Crippen LogP contribution >= 0.6 is 0 Å². The molecule has 6 aromatic carbocycles. The van der Waals surface area contributed by atoms with E-state index in [1.54, 1.807) is 0 Å². The van der Waals surface area contributed by atoms with Crippen molar-refractivity contribution >= 4 is 21.9 Å². The van der Waals surface area contributed by atoms with Crippen LogP contribution in [0.15, 0.2) is 138 Å². The van der Waals surface area contributed by atoms with Crippen LogP contribution in [0.25, 0.3) is 78.4 Å². The molecule has 1 saturated carbocycles. The summed E-state index contributed by atoms with van der Waals surface area (Å²) >= 11 is 0. The summed E-state index contributed by atoms with van der Waals surface area (Å²) in [5, 5.41) is 11.9. The van der Waals surface area contributed by atoms with Crippen LogP contribution in [0.3, 0.4) is 0 Å². The molecule has 1 fully saturated rings. The topological polar surface area (TPSA) is 75.6 Å². The lowest BCUT2D eigenvalue weighted by Gasteiger charge is -2.36. The molecular weight excluding hydrogens is 625 g/mol. The minimum absolute atomic E-state index is 0.000830. The molecule has 0 bridgehead atoms. The fourth-order valence-corrected chi connectivity index (χ4v) is 8.50. The van der Waals surface area contributed by atoms with Gasteiger partial charge in [0.05, 0.1) is 11.6 Å². The standard InChI is InChI=1S/C46H32N4O/c47-28-29-16-21-39-38(24-29)35-19-17-32(26-40(35)46(39)22-7-2-8-23-46)31-12-9-13-33(25-31)44-48-43(30-10-3-1-4-11-30)49-45(50-44)34-18-20-37-36-14-5-6-15-41(36)51-42(37)27-34/h1,3-6,9-21,24-27H,2,7-8,22-23H2. The van der Waals surface area contributed by atoms with E-state index in [2.05, 4.69) is 78.9 Å². The van der Waals surface area contributed by atoms with Crippen molar-refractivity contribution in [3.63, 3.8) is 0 Å². The first-order valence-electron chi connectivity index (χ1n) is 17.7. The average molecular weight is 657 g/mol. The normalized spacial score (nSPS) is 14.4. The van der Waals surface area contributed by atoms with Gasteiger partial charge >= 0.3 is 0 Å². The van der Waals surface area contributed by atoms with E-state index < -0.39 is 0 Å². The van der Waals surface area contributed by atoms with E-state index in [9.17, 15) is 5.26 Å². The van der Waals surface area contributed by atoms with Crippen molar-refractivity contribution in [3.8, 4) is 62.5 Å². The fraction of sp³-hybridized carbons (Fsp3) is 0.130. The lowest BCUT2D eigenvalue weighted by atomic mass is 9.67. The summed E-state index contributed by atoms with van der Waals surface area (Å²) in [4.78, 5) is 15.1. The van der Waals surface area contributed by atoms with Crippen molar-refractivity contribution in [1.82, 2.24) is 15.0 Å². The van der Waals surface area contributed by atoms with Gasteiger partial charge < -0.3 is 4.42 Å². The van der Waals surface area contributed by atoms with Crippen LogP contribution < -0.4 is 0 Å². The summed E-state index contributed by atoms with van der Waals surface area (Å²) in [7, 11) is 0. The highest BCUT2D eigenvalue weighted by atomic mass is 16.3. The van der Waals surface area contributed by atoms with Crippen LogP contribution in [0.2, 0.25) is 0 Å². The Balaban J connectivity index is 1.09. The van der Waals surface area contributed by atoms with Crippen molar-refractivity contribution in [1.29, 1.82) is 5.26 Å². The number of nitrogens with zero attached hydrogens (tertiary/aromatic N) is 4. The number of furan rings is 1. The smallest absolute Gasteiger partial charge is 0.164 e. The summed E-state index contributed by atoms with van der Waals surface area (Å²) in [6.07, 6.45) is 5.98. The van der Waals surface area contributed by atoms with Crippen LogP contribution in [-0.4, -0.2) is 15.0 Å². The second-order valence-electron chi connectivity index (χ2n) is 13.8. The highest BCUT2D eigenvalue weighted by Crippen LogP contribution is 2.56. The summed E-state index contributed by atoms with van der Waals surface area (Å²) in [5.74, 6) is 1.83. The zero-order valence-corrected chi connectivity index (χ0v) is 27.9. The van der Waals surface area contributed by atoms with Gasteiger partial charge in [-0.2, -0.15) is 5.26 Å². The van der Waals surface area contributed by atoms with Crippen molar-refractivity contribution in [2.75, 3.05) is 0 Å². The lowest BCUT2D eigenvalue weighted by molar-refractivity contribution is 0.353. The molecule has 51 heavy (non-hydrogen) atoms. The van der Waals surface area contributed by atoms with E-state index in [0.717, 1.165) is 57.0 Å². The van der Waals surface area contributed by atoms with E-state index >= 15 is 0 Å². The zero-order chi connectivity index (χ0) is 33.9. The zero-order valence-electron chi connectivity index (χ0n) is 27.9. The minimum atomic E-state index is -0.000830. The van der Waals surface area contributed by atoms with Gasteiger partial charge in [-0.05, 0) is 88.7 Å². The molecule has 1 spiro atoms. The molecule has 5 nitrogen and oxygen atoms in total. The number of benzene rings is 6. The second kappa shape index (κ2) is 11.6. The Labute approximate surface area is 295 Å². The Bertz CT molecular complexity index is 2700. The summed E-state index contributed by atoms with van der Waals surface area (Å²) < 4.78 is 6.23. The molecule has 2 heterocycles. The van der Waals surface area contributed by atoms with E-state index in [-0.39, 0.29) is 5.41 Å². The number of para-hydroxylation sites is 1. The van der Waals surface area contributed by atoms with Crippen LogP contribution in [-0.2, 0) is 5.41 Å². The monoisotopic (exact) mass is 656 g/mol. The SMILES string of the molecule is N#Cc1ccc2c(c1)-c1ccc(-c3cccc(-c4nc(-c5ccccc5)nc(-c5ccc6c(c5)oc5ccccc56)n4)c3)cc1C21CCCCC1. The number of aromatic nitrogens is 3. The molecule has 0 unspecified atom stereocenters. The number of hydrogen-bond donors (Lipinski definition) is 0. The van der Waals surface area contributed by atoms with Gasteiger partial charge in [0.25, 0.3) is 0 Å². The molecule has 242 valence electrons. The predicted molar refractivity (Wildman–Crippen MR) is 203 cm³/mol. The van der Waals surface area contributed by atoms with E-state index in [1.807, 2.05) is 60.7 Å². The predicted octanol–water partition coefficient (Wildman–Crippen LogP) is 11.5. The third kappa shape index (κ3) is 4.79. The van der Waals surface area contributed by atoms with Crippen molar-refractivity contribution in [2.24, 2.45) is 0 Å².